The van der Waals surface area contributed by atoms with Crippen LogP contribution in [-0.4, -0.2) is 91.0 Å². The highest BCUT2D eigenvalue weighted by molar-refractivity contribution is 6.43. The van der Waals surface area contributed by atoms with Crippen molar-refractivity contribution in [2.45, 2.75) is 57.7 Å². The number of ether oxygens (including phenoxy) is 3. The molecule has 1 aromatic heterocycles. The second-order valence-electron chi connectivity index (χ2n) is 13.2. The fourth-order valence-electron chi connectivity index (χ4n) is 5.58. The van der Waals surface area contributed by atoms with Crippen LogP contribution in [0.2, 0.25) is 10.0 Å². The Balaban J connectivity index is 1.51. The van der Waals surface area contributed by atoms with Gasteiger partial charge in [0, 0.05) is 49.1 Å². The van der Waals surface area contributed by atoms with Crippen LogP contribution in [0, 0.1) is 10.1 Å². The molecule has 1 atom stereocenters. The summed E-state index contributed by atoms with van der Waals surface area (Å²) in [7, 11) is 6.78. The highest BCUT2D eigenvalue weighted by atomic mass is 35.5. The van der Waals surface area contributed by atoms with Crippen molar-refractivity contribution in [3.05, 3.63) is 56.8 Å². The molecule has 15 nitrogen and oxygen atoms in total. The summed E-state index contributed by atoms with van der Waals surface area (Å²) in [4.78, 5) is 55.1. The molecule has 268 valence electrons. The number of amides is 3. The van der Waals surface area contributed by atoms with Crippen molar-refractivity contribution >= 4 is 69.7 Å². The van der Waals surface area contributed by atoms with Gasteiger partial charge in [-0.15, -0.1) is 0 Å². The largest absolute Gasteiger partial charge is 0.495 e. The van der Waals surface area contributed by atoms with Crippen molar-refractivity contribution in [3.63, 3.8) is 0 Å². The first-order valence-corrected chi connectivity index (χ1v) is 16.6. The van der Waals surface area contributed by atoms with Crippen LogP contribution in [0.15, 0.2) is 36.7 Å². The Morgan fingerprint density at radius 3 is 2.20 bits per heavy atom. The number of imide groups is 1. The number of aromatic nitrogens is 2. The van der Waals surface area contributed by atoms with Crippen molar-refractivity contribution in [1.82, 2.24) is 14.9 Å². The van der Waals surface area contributed by atoms with Gasteiger partial charge >= 0.3 is 12.1 Å². The van der Waals surface area contributed by atoms with Crippen molar-refractivity contribution in [2.75, 3.05) is 61.4 Å². The Morgan fingerprint density at radius 2 is 1.66 bits per heavy atom. The minimum absolute atomic E-state index is 0.102. The number of hydrogen-bond donors (Lipinski definition) is 1. The number of nitro benzene ring substituents is 1. The van der Waals surface area contributed by atoms with Gasteiger partial charge in [-0.25, -0.2) is 19.6 Å². The molecule has 1 aliphatic carbocycles. The van der Waals surface area contributed by atoms with Crippen molar-refractivity contribution in [3.8, 4) is 11.5 Å². The van der Waals surface area contributed by atoms with Gasteiger partial charge in [0.1, 0.15) is 56.5 Å². The van der Waals surface area contributed by atoms with E-state index in [2.05, 4.69) is 25.1 Å². The number of benzene rings is 2. The second-order valence-corrected chi connectivity index (χ2v) is 13.9. The van der Waals surface area contributed by atoms with Crippen molar-refractivity contribution < 1.29 is 28.7 Å². The van der Waals surface area contributed by atoms with Crippen molar-refractivity contribution in [1.29, 1.82) is 0 Å². The van der Waals surface area contributed by atoms with Gasteiger partial charge in [-0.05, 0) is 66.3 Å². The zero-order valence-electron chi connectivity index (χ0n) is 28.9. The lowest BCUT2D eigenvalue weighted by Crippen LogP contribution is -2.50. The number of carbonyl (C=O) groups is 2. The molecule has 1 saturated heterocycles. The van der Waals surface area contributed by atoms with Crippen LogP contribution < -0.4 is 29.5 Å². The zero-order valence-corrected chi connectivity index (χ0v) is 30.4. The van der Waals surface area contributed by atoms with Gasteiger partial charge in [0.2, 0.25) is 0 Å². The number of nitrogens with one attached hydrogen (secondary N) is 1. The number of hydrogen-bond acceptors (Lipinski definition) is 12. The summed E-state index contributed by atoms with van der Waals surface area (Å²) < 4.78 is 16.4. The molecule has 3 amide bonds. The van der Waals surface area contributed by atoms with Crippen LogP contribution in [0.25, 0.3) is 0 Å². The average Bonchev–Trinajstić information content (AvgIpc) is 3.75. The molecule has 3 aromatic rings. The molecule has 0 radical (unpaired) electrons. The quantitative estimate of drug-likeness (QED) is 0.167. The van der Waals surface area contributed by atoms with Gasteiger partial charge in [0.05, 0.1) is 19.1 Å². The normalized spacial score (nSPS) is 15.9. The van der Waals surface area contributed by atoms with Crippen LogP contribution >= 0.6 is 23.2 Å². The number of halogens is 2. The molecule has 1 N–H and O–H groups in total. The van der Waals surface area contributed by atoms with E-state index < -0.39 is 22.6 Å². The average molecular weight is 732 g/mol. The predicted molar refractivity (Wildman–Crippen MR) is 192 cm³/mol. The summed E-state index contributed by atoms with van der Waals surface area (Å²) >= 11 is 13.4. The number of carbonyl (C=O) groups excluding carboxylic acids is 2. The Morgan fingerprint density at radius 1 is 1.00 bits per heavy atom. The first-order valence-electron chi connectivity index (χ1n) is 15.9. The third kappa shape index (κ3) is 7.90. The number of anilines is 5. The third-order valence-electron chi connectivity index (χ3n) is 8.26. The Kier molecular flexibility index (Phi) is 10.8. The molecule has 0 spiro atoms. The maximum atomic E-state index is 14.6. The van der Waals surface area contributed by atoms with Crippen LogP contribution in [0.4, 0.5) is 44.0 Å². The zero-order chi connectivity index (χ0) is 36.5. The van der Waals surface area contributed by atoms with E-state index in [0.717, 1.165) is 30.1 Å². The summed E-state index contributed by atoms with van der Waals surface area (Å²) in [6.07, 6.45) is 2.35. The summed E-state index contributed by atoms with van der Waals surface area (Å²) in [5.41, 5.74) is -0.394. The standard InChI is InChI=1S/C33H40Cl2N8O7/c1-33(2,3)50-32(45)42(30-28(34)24(48-6)15-25(49-7)29(30)35)31(44)41(19-8-9-19)27-16-26(36-18-37-27)38-22-11-10-20(14-23(22)43(46)47)40-13-12-21(17-40)39(4)5/h10-11,14-16,18-19,21H,8-9,12-13,17H2,1-7H3,(H,36,37,38). The van der Waals surface area contributed by atoms with Gasteiger partial charge < -0.3 is 29.3 Å². The lowest BCUT2D eigenvalue weighted by atomic mass is 10.2. The second kappa shape index (κ2) is 14.7. The molecular formula is C33H40Cl2N8O7. The van der Waals surface area contributed by atoms with Crippen molar-refractivity contribution in [2.24, 2.45) is 0 Å². The Hall–Kier alpha value is -4.60. The molecule has 1 aliphatic heterocycles. The maximum Gasteiger partial charge on any atom is 0.423 e. The number of rotatable bonds is 10. The lowest BCUT2D eigenvalue weighted by Gasteiger charge is -2.32. The van der Waals surface area contributed by atoms with Gasteiger partial charge in [-0.2, -0.15) is 4.90 Å². The minimum atomic E-state index is -1.05. The highest BCUT2D eigenvalue weighted by Crippen LogP contribution is 2.47. The first kappa shape index (κ1) is 36.7. The van der Waals surface area contributed by atoms with Gasteiger partial charge in [0.25, 0.3) is 5.69 Å². The van der Waals surface area contributed by atoms with E-state index in [1.165, 1.54) is 43.6 Å². The smallest absolute Gasteiger partial charge is 0.423 e. The van der Waals surface area contributed by atoms with E-state index in [1.54, 1.807) is 26.8 Å². The number of urea groups is 1. The molecule has 0 bridgehead atoms. The molecule has 2 aromatic carbocycles. The summed E-state index contributed by atoms with van der Waals surface area (Å²) in [6.45, 7) is 6.51. The van der Waals surface area contributed by atoms with Crippen LogP contribution in [0.1, 0.15) is 40.0 Å². The molecule has 2 aliphatic rings. The molecule has 2 heterocycles. The van der Waals surface area contributed by atoms with Crippen LogP contribution in [0.3, 0.4) is 0 Å². The van der Waals surface area contributed by atoms with E-state index in [1.807, 2.05) is 20.2 Å². The van der Waals surface area contributed by atoms with E-state index in [0.29, 0.717) is 18.9 Å². The third-order valence-corrected chi connectivity index (χ3v) is 8.99. The van der Waals surface area contributed by atoms with E-state index >= 15 is 0 Å². The molecular weight excluding hydrogens is 691 g/mol. The lowest BCUT2D eigenvalue weighted by molar-refractivity contribution is -0.383. The molecule has 5 rings (SSSR count). The highest BCUT2D eigenvalue weighted by Gasteiger charge is 2.43. The molecule has 17 heteroatoms. The summed E-state index contributed by atoms with van der Waals surface area (Å²) in [6, 6.07) is 7.05. The SMILES string of the molecule is COc1cc(OC)c(Cl)c(N(C(=O)OC(C)(C)C)C(=O)N(c2cc(Nc3ccc(N4CCC(N(C)C)C4)cc3[N+](=O)[O-])ncn2)C2CC2)c1Cl. The van der Waals surface area contributed by atoms with E-state index in [9.17, 15) is 19.7 Å². The summed E-state index contributed by atoms with van der Waals surface area (Å²) in [5, 5.41) is 15.0. The van der Waals surface area contributed by atoms with Crippen LogP contribution in [-0.2, 0) is 4.74 Å². The molecule has 50 heavy (non-hydrogen) atoms. The molecule has 1 saturated carbocycles. The monoisotopic (exact) mass is 730 g/mol. The molecule has 1 unspecified atom stereocenters. The topological polar surface area (TPSA) is 156 Å². The fraction of sp³-hybridized carbons (Fsp3) is 0.455. The van der Waals surface area contributed by atoms with Crippen LogP contribution in [0.5, 0.6) is 11.5 Å². The first-order chi connectivity index (χ1) is 23.6. The maximum absolute atomic E-state index is 14.6. The number of nitrogens with zero attached hydrogens (tertiary/aromatic N) is 7. The van der Waals surface area contributed by atoms with Gasteiger partial charge in [0.15, 0.2) is 0 Å². The van der Waals surface area contributed by atoms with E-state index in [-0.39, 0.29) is 56.3 Å². The number of likely N-dealkylation sites (N-methyl/N-ethyl adjacent to an activating group) is 1. The Bertz CT molecular complexity index is 1760. The predicted octanol–water partition coefficient (Wildman–Crippen LogP) is 7.12. The van der Waals surface area contributed by atoms with Gasteiger partial charge in [-0.1, -0.05) is 23.2 Å². The van der Waals surface area contributed by atoms with E-state index in [4.69, 9.17) is 37.4 Å². The number of methoxy groups -OCH3 is 2. The fourth-order valence-corrected chi connectivity index (χ4v) is 6.25. The van der Waals surface area contributed by atoms with Gasteiger partial charge in [-0.3, -0.25) is 15.0 Å². The number of nitro groups is 1. The minimum Gasteiger partial charge on any atom is -0.495 e. The Labute approximate surface area is 300 Å². The summed E-state index contributed by atoms with van der Waals surface area (Å²) in [5.74, 6) is 0.508. The molecule has 2 fully saturated rings.